The van der Waals surface area contributed by atoms with Crippen molar-refractivity contribution >= 4 is 0 Å². The molecular weight excluding hydrogens is 175 g/mol. The van der Waals surface area contributed by atoms with Crippen molar-refractivity contribution in [2.75, 3.05) is 0 Å². The molecule has 0 bridgehead atoms. The van der Waals surface area contributed by atoms with E-state index in [4.69, 9.17) is 0 Å². The molecule has 1 heteroatoms. The van der Waals surface area contributed by atoms with Gasteiger partial charge in [0.15, 0.2) is 0 Å². The van der Waals surface area contributed by atoms with Gasteiger partial charge in [-0.3, -0.25) is 0 Å². The second-order valence-corrected chi connectivity index (χ2v) is 9.31. The Hall–Kier alpha value is 0.363. The molecule has 1 aliphatic carbocycles. The normalized spacial score (nSPS) is 17.8. The molecule has 0 saturated heterocycles. The first kappa shape index (κ1) is 6.48. The van der Waals surface area contributed by atoms with Crippen molar-refractivity contribution < 1.29 is 21.8 Å². The van der Waals surface area contributed by atoms with Gasteiger partial charge in [0.2, 0.25) is 0 Å². The van der Waals surface area contributed by atoms with Gasteiger partial charge in [-0.05, 0) is 0 Å². The fourth-order valence-corrected chi connectivity index (χ4v) is 3.26. The molecule has 0 unspecified atom stereocenters. The predicted octanol–water partition coefficient (Wildman–Crippen LogP) is 2.62. The van der Waals surface area contributed by atoms with Crippen LogP contribution >= 0.6 is 0 Å². The van der Waals surface area contributed by atoms with Crippen molar-refractivity contribution in [3.8, 4) is 0 Å². The molecule has 0 aromatic carbocycles. The average molecular weight is 186 g/mol. The first-order valence-corrected chi connectivity index (χ1v) is 9.29. The molecule has 43 valence electrons. The summed E-state index contributed by atoms with van der Waals surface area (Å²) in [6.45, 7) is 0. The van der Waals surface area contributed by atoms with Crippen molar-refractivity contribution in [2.24, 2.45) is 0 Å². The number of hydrogen-bond acceptors (Lipinski definition) is 0. The van der Waals surface area contributed by atoms with Crippen molar-refractivity contribution in [3.63, 3.8) is 0 Å². The van der Waals surface area contributed by atoms with E-state index in [2.05, 4.69) is 33.6 Å². The summed E-state index contributed by atoms with van der Waals surface area (Å²) < 4.78 is 5.78. The molecule has 0 amide bonds. The van der Waals surface area contributed by atoms with Gasteiger partial charge in [-0.1, -0.05) is 0 Å². The first-order chi connectivity index (χ1) is 3.80. The molecule has 0 aromatic heterocycles. The SMILES string of the molecule is [CH3][Zr]([CH3])[CH]1C=CC=C1. The van der Waals surface area contributed by atoms with Crippen molar-refractivity contribution in [2.45, 2.75) is 12.9 Å². The summed E-state index contributed by atoms with van der Waals surface area (Å²) in [4.78, 5) is 0. The van der Waals surface area contributed by atoms with Crippen molar-refractivity contribution in [1.82, 2.24) is 0 Å². The molecule has 0 N–H and O–H groups in total. The number of allylic oxidation sites excluding steroid dienone is 4. The van der Waals surface area contributed by atoms with Crippen LogP contribution in [-0.2, 0) is 21.8 Å². The zero-order valence-corrected chi connectivity index (χ0v) is 7.84. The van der Waals surface area contributed by atoms with E-state index in [0.717, 1.165) is 3.63 Å². The zero-order valence-electron chi connectivity index (χ0n) is 5.39. The van der Waals surface area contributed by atoms with Gasteiger partial charge in [0.05, 0.1) is 0 Å². The van der Waals surface area contributed by atoms with Crippen LogP contribution in [0.15, 0.2) is 24.3 Å². The van der Waals surface area contributed by atoms with Gasteiger partial charge in [-0.25, -0.2) is 0 Å². The predicted molar refractivity (Wildman–Crippen MR) is 33.8 cm³/mol. The van der Waals surface area contributed by atoms with E-state index in [9.17, 15) is 0 Å². The van der Waals surface area contributed by atoms with Crippen LogP contribution in [0.5, 0.6) is 0 Å². The van der Waals surface area contributed by atoms with Crippen LogP contribution in [0, 0.1) is 0 Å². The van der Waals surface area contributed by atoms with Crippen LogP contribution < -0.4 is 0 Å². The van der Waals surface area contributed by atoms with E-state index in [-0.39, 0.29) is 0 Å². The molecule has 0 aromatic rings. The molecule has 0 nitrogen and oxygen atoms in total. The zero-order chi connectivity index (χ0) is 5.98. The maximum atomic E-state index is 2.44. The Morgan fingerprint density at radius 1 is 1.12 bits per heavy atom. The van der Waals surface area contributed by atoms with Crippen molar-refractivity contribution in [1.29, 1.82) is 0 Å². The standard InChI is InChI=1S/C5H5.2CH3.Zr/c1-2-4-5-3-1;;;/h1-5H;2*1H3;. The summed E-state index contributed by atoms with van der Waals surface area (Å²) >= 11 is -0.881. The number of hydrogen-bond donors (Lipinski definition) is 0. The molecule has 0 radical (unpaired) electrons. The van der Waals surface area contributed by atoms with E-state index in [1.807, 2.05) is 0 Å². The Morgan fingerprint density at radius 2 is 1.62 bits per heavy atom. The number of rotatable bonds is 1. The molecule has 0 aliphatic heterocycles. The van der Waals surface area contributed by atoms with Crippen LogP contribution in [0.1, 0.15) is 0 Å². The summed E-state index contributed by atoms with van der Waals surface area (Å²) in [5, 5.41) is 0. The molecule has 0 atom stereocenters. The van der Waals surface area contributed by atoms with E-state index in [1.165, 1.54) is 0 Å². The van der Waals surface area contributed by atoms with Crippen LogP contribution in [-0.4, -0.2) is 0 Å². The van der Waals surface area contributed by atoms with Crippen LogP contribution in [0.4, 0.5) is 0 Å². The monoisotopic (exact) mass is 185 g/mol. The minimum atomic E-state index is -0.881. The summed E-state index contributed by atoms with van der Waals surface area (Å²) in [7, 11) is 0. The van der Waals surface area contributed by atoms with E-state index < -0.39 is 21.8 Å². The Balaban J connectivity index is 2.49. The first-order valence-electron chi connectivity index (χ1n) is 2.96. The molecule has 0 fully saturated rings. The molecule has 1 rings (SSSR count). The van der Waals surface area contributed by atoms with Gasteiger partial charge in [0.1, 0.15) is 0 Å². The third-order valence-corrected chi connectivity index (χ3v) is 5.64. The Kier molecular flexibility index (Phi) is 2.25. The quantitative estimate of drug-likeness (QED) is 0.590. The fraction of sp³-hybridized carbons (Fsp3) is 0.429. The fourth-order valence-electron chi connectivity index (χ4n) is 0.817. The van der Waals surface area contributed by atoms with Crippen LogP contribution in [0.2, 0.25) is 12.9 Å². The summed E-state index contributed by atoms with van der Waals surface area (Å²) in [5.41, 5.74) is 0. The molecule has 0 saturated carbocycles. The van der Waals surface area contributed by atoms with Crippen LogP contribution in [0.25, 0.3) is 0 Å². The van der Waals surface area contributed by atoms with E-state index >= 15 is 0 Å². The summed E-state index contributed by atoms with van der Waals surface area (Å²) in [6, 6.07) is 0. The third kappa shape index (κ3) is 1.42. The van der Waals surface area contributed by atoms with E-state index in [1.54, 1.807) is 0 Å². The molecule has 8 heavy (non-hydrogen) atoms. The van der Waals surface area contributed by atoms with Gasteiger partial charge < -0.3 is 0 Å². The minimum absolute atomic E-state index is 0.881. The molecule has 0 heterocycles. The average Bonchev–Trinajstić information content (AvgIpc) is 2.12. The van der Waals surface area contributed by atoms with Crippen LogP contribution in [0.3, 0.4) is 0 Å². The molecule has 1 aliphatic rings. The van der Waals surface area contributed by atoms with Gasteiger partial charge in [0, 0.05) is 0 Å². The maximum absolute atomic E-state index is 2.44. The van der Waals surface area contributed by atoms with Gasteiger partial charge >= 0.3 is 58.9 Å². The van der Waals surface area contributed by atoms with Gasteiger partial charge in [-0.2, -0.15) is 0 Å². The topological polar surface area (TPSA) is 0 Å². The molecular formula is C7H11Zr. The van der Waals surface area contributed by atoms with E-state index in [0.29, 0.717) is 0 Å². The van der Waals surface area contributed by atoms with Crippen molar-refractivity contribution in [3.05, 3.63) is 24.3 Å². The van der Waals surface area contributed by atoms with Gasteiger partial charge in [0.25, 0.3) is 0 Å². The Bertz CT molecular complexity index is 110. The summed E-state index contributed by atoms with van der Waals surface area (Å²) in [6.07, 6.45) is 8.99. The Labute approximate surface area is 59.0 Å². The second kappa shape index (κ2) is 2.78. The van der Waals surface area contributed by atoms with Gasteiger partial charge in [-0.15, -0.1) is 0 Å². The summed E-state index contributed by atoms with van der Waals surface area (Å²) in [5.74, 6) is 0. The Morgan fingerprint density at radius 3 is 1.88 bits per heavy atom. The molecule has 0 spiro atoms. The second-order valence-electron chi connectivity index (χ2n) is 2.37. The third-order valence-electron chi connectivity index (χ3n) is 1.41.